The lowest BCUT2D eigenvalue weighted by molar-refractivity contribution is -0.447. The number of rotatable bonds is 11. The SMILES string of the molecule is C=Cc1cccc(OCC(F)(F)C(F)(F)C(F)(F)C(F)(F)C(F)(F)C(F)(F)C(F)(F)C(F)F)c1. The number of alkyl halides is 16. The molecule has 0 unspecified atom stereocenters. The van der Waals surface area contributed by atoms with E-state index in [0.29, 0.717) is 0 Å². The molecule has 1 aromatic rings. The van der Waals surface area contributed by atoms with Gasteiger partial charge in [-0.15, -0.1) is 0 Å². The molecule has 0 N–H and O–H groups in total. The molecule has 196 valence electrons. The highest BCUT2D eigenvalue weighted by molar-refractivity contribution is 5.49. The fourth-order valence-corrected chi connectivity index (χ4v) is 2.16. The molecule has 0 aliphatic heterocycles. The number of hydrogen-bond donors (Lipinski definition) is 0. The van der Waals surface area contributed by atoms with E-state index in [1.54, 1.807) is 0 Å². The summed E-state index contributed by atoms with van der Waals surface area (Å²) in [5.74, 6) is -55.6. The molecule has 0 fully saturated rings. The van der Waals surface area contributed by atoms with Crippen LogP contribution in [0, 0.1) is 0 Å². The van der Waals surface area contributed by atoms with Crippen LogP contribution in [0.5, 0.6) is 5.75 Å². The third-order valence-corrected chi connectivity index (χ3v) is 4.24. The minimum Gasteiger partial charge on any atom is -0.487 e. The third-order valence-electron chi connectivity index (χ3n) is 4.24. The monoisotopic (exact) mass is 534 g/mol. The second-order valence-corrected chi connectivity index (χ2v) is 6.57. The fraction of sp³-hybridized carbons (Fsp3) is 0.529. The van der Waals surface area contributed by atoms with E-state index < -0.39 is 60.2 Å². The molecule has 0 aromatic heterocycles. The van der Waals surface area contributed by atoms with E-state index in [4.69, 9.17) is 0 Å². The van der Waals surface area contributed by atoms with Crippen LogP contribution < -0.4 is 4.74 Å². The maximum atomic E-state index is 13.7. The Kier molecular flexibility index (Phi) is 7.59. The first-order valence-corrected chi connectivity index (χ1v) is 8.24. The molecule has 0 atom stereocenters. The second kappa shape index (κ2) is 8.70. The van der Waals surface area contributed by atoms with Crippen molar-refractivity contribution in [2.75, 3.05) is 6.61 Å². The van der Waals surface area contributed by atoms with Crippen LogP contribution in [-0.2, 0) is 0 Å². The Hall–Kier alpha value is -2.36. The van der Waals surface area contributed by atoms with Gasteiger partial charge >= 0.3 is 47.9 Å². The summed E-state index contributed by atoms with van der Waals surface area (Å²) in [5.41, 5.74) is 0.0753. The van der Waals surface area contributed by atoms with Gasteiger partial charge < -0.3 is 4.74 Å². The summed E-state index contributed by atoms with van der Waals surface area (Å²) >= 11 is 0. The zero-order valence-electron chi connectivity index (χ0n) is 15.8. The van der Waals surface area contributed by atoms with E-state index >= 15 is 0 Å². The topological polar surface area (TPSA) is 9.23 Å². The molecule has 0 saturated heterocycles. The van der Waals surface area contributed by atoms with Crippen molar-refractivity contribution < 1.29 is 75.0 Å². The fourth-order valence-electron chi connectivity index (χ4n) is 2.16. The molecule has 0 aliphatic carbocycles. The van der Waals surface area contributed by atoms with E-state index in [-0.39, 0.29) is 5.56 Å². The Morgan fingerprint density at radius 3 is 1.59 bits per heavy atom. The van der Waals surface area contributed by atoms with Crippen LogP contribution in [0.4, 0.5) is 70.2 Å². The van der Waals surface area contributed by atoms with E-state index in [1.165, 1.54) is 6.07 Å². The molecule has 0 bridgehead atoms. The molecular formula is C17H10F16O. The maximum absolute atomic E-state index is 13.7. The van der Waals surface area contributed by atoms with E-state index in [2.05, 4.69) is 11.3 Å². The molecule has 34 heavy (non-hydrogen) atoms. The molecule has 1 rings (SSSR count). The van der Waals surface area contributed by atoms with Crippen molar-refractivity contribution in [2.24, 2.45) is 0 Å². The summed E-state index contributed by atoms with van der Waals surface area (Å²) < 4.78 is 216. The second-order valence-electron chi connectivity index (χ2n) is 6.57. The first-order chi connectivity index (χ1) is 15.0. The Balaban J connectivity index is 3.42. The van der Waals surface area contributed by atoms with Gasteiger partial charge in [-0.25, -0.2) is 8.78 Å². The van der Waals surface area contributed by atoms with Crippen LogP contribution >= 0.6 is 0 Å². The van der Waals surface area contributed by atoms with Crippen LogP contribution in [0.3, 0.4) is 0 Å². The standard InChI is InChI=1S/C17H10F16O/c1-2-8-4-3-5-9(6-8)34-7-11(20,21)13(24,25)15(28,29)17(32,33)16(30,31)14(26,27)12(22,23)10(18)19/h2-6,10H,1,7H2. The molecule has 0 amide bonds. The van der Waals surface area contributed by atoms with Gasteiger partial charge in [0.25, 0.3) is 0 Å². The van der Waals surface area contributed by atoms with Gasteiger partial charge in [-0.3, -0.25) is 0 Å². The molecule has 0 saturated carbocycles. The first-order valence-electron chi connectivity index (χ1n) is 8.24. The highest BCUT2D eigenvalue weighted by atomic mass is 19.4. The first kappa shape index (κ1) is 29.7. The Labute approximate surface area is 179 Å². The van der Waals surface area contributed by atoms with Crippen molar-refractivity contribution in [3.63, 3.8) is 0 Å². The van der Waals surface area contributed by atoms with E-state index in [1.807, 2.05) is 0 Å². The molecule has 1 aromatic carbocycles. The average Bonchev–Trinajstić information content (AvgIpc) is 2.71. The Morgan fingerprint density at radius 2 is 1.15 bits per heavy atom. The normalized spacial score (nSPS) is 15.0. The number of benzene rings is 1. The van der Waals surface area contributed by atoms with Crippen molar-refractivity contribution in [3.8, 4) is 5.75 Å². The zero-order valence-corrected chi connectivity index (χ0v) is 15.8. The quantitative estimate of drug-likeness (QED) is 0.269. The summed E-state index contributed by atoms with van der Waals surface area (Å²) in [4.78, 5) is 0. The Morgan fingerprint density at radius 1 is 0.706 bits per heavy atom. The predicted octanol–water partition coefficient (Wildman–Crippen LogP) is 7.42. The van der Waals surface area contributed by atoms with Crippen molar-refractivity contribution in [2.45, 2.75) is 47.9 Å². The van der Waals surface area contributed by atoms with Crippen molar-refractivity contribution in [1.29, 1.82) is 0 Å². The number of hydrogen-bond acceptors (Lipinski definition) is 1. The maximum Gasteiger partial charge on any atom is 0.385 e. The van der Waals surface area contributed by atoms with Crippen LogP contribution in [-0.4, -0.2) is 54.5 Å². The van der Waals surface area contributed by atoms with Gasteiger partial charge in [-0.05, 0) is 17.7 Å². The van der Waals surface area contributed by atoms with Gasteiger partial charge in [-0.2, -0.15) is 61.5 Å². The van der Waals surface area contributed by atoms with Gasteiger partial charge in [0.15, 0.2) is 6.61 Å². The third kappa shape index (κ3) is 4.25. The molecule has 0 aliphatic rings. The summed E-state index contributed by atoms with van der Waals surface area (Å²) in [6.07, 6.45) is -4.83. The summed E-state index contributed by atoms with van der Waals surface area (Å²) in [7, 11) is 0. The lowest BCUT2D eigenvalue weighted by atomic mass is 9.89. The highest BCUT2D eigenvalue weighted by Gasteiger charge is 2.93. The van der Waals surface area contributed by atoms with Gasteiger partial charge in [0.1, 0.15) is 5.75 Å². The van der Waals surface area contributed by atoms with Crippen molar-refractivity contribution in [1.82, 2.24) is 0 Å². The smallest absolute Gasteiger partial charge is 0.385 e. The summed E-state index contributed by atoms with van der Waals surface area (Å²) in [6.45, 7) is 0.282. The molecule has 17 heteroatoms. The number of halogens is 16. The van der Waals surface area contributed by atoms with Gasteiger partial charge in [0, 0.05) is 0 Å². The van der Waals surface area contributed by atoms with Crippen LogP contribution in [0.25, 0.3) is 6.08 Å². The molecule has 1 nitrogen and oxygen atoms in total. The van der Waals surface area contributed by atoms with E-state index in [0.717, 1.165) is 24.3 Å². The minimum absolute atomic E-state index is 0.0753. The van der Waals surface area contributed by atoms with Crippen molar-refractivity contribution >= 4 is 6.08 Å². The van der Waals surface area contributed by atoms with Crippen LogP contribution in [0.2, 0.25) is 0 Å². The van der Waals surface area contributed by atoms with Crippen LogP contribution in [0.15, 0.2) is 30.8 Å². The molecule has 0 spiro atoms. The lowest BCUT2D eigenvalue weighted by Crippen LogP contribution is -2.74. The van der Waals surface area contributed by atoms with Gasteiger partial charge in [0.05, 0.1) is 0 Å². The highest BCUT2D eigenvalue weighted by Crippen LogP contribution is 2.62. The van der Waals surface area contributed by atoms with Crippen molar-refractivity contribution in [3.05, 3.63) is 36.4 Å². The van der Waals surface area contributed by atoms with Gasteiger partial charge in [0.2, 0.25) is 0 Å². The Bertz CT molecular complexity index is 876. The molecular weight excluding hydrogens is 524 g/mol. The van der Waals surface area contributed by atoms with Gasteiger partial charge in [-0.1, -0.05) is 24.8 Å². The molecule has 0 heterocycles. The predicted molar refractivity (Wildman–Crippen MR) is 82.7 cm³/mol. The van der Waals surface area contributed by atoms with Crippen LogP contribution in [0.1, 0.15) is 5.56 Å². The molecule has 0 radical (unpaired) electrons. The zero-order chi connectivity index (χ0) is 27.2. The summed E-state index contributed by atoms with van der Waals surface area (Å²) in [6, 6.07) is 3.81. The minimum atomic E-state index is -8.42. The average molecular weight is 534 g/mol. The number of ether oxygens (including phenoxy) is 1. The van der Waals surface area contributed by atoms with E-state index in [9.17, 15) is 70.2 Å². The summed E-state index contributed by atoms with van der Waals surface area (Å²) in [5, 5.41) is 0. The largest absolute Gasteiger partial charge is 0.487 e. The lowest BCUT2D eigenvalue weighted by Gasteiger charge is -2.42.